The van der Waals surface area contributed by atoms with Crippen LogP contribution in [0.15, 0.2) is 36.5 Å². The Morgan fingerprint density at radius 1 is 1.25 bits per heavy atom. The summed E-state index contributed by atoms with van der Waals surface area (Å²) in [6.45, 7) is 0.710. The number of amides is 1. The molecule has 1 aromatic heterocycles. The van der Waals surface area contributed by atoms with Gasteiger partial charge in [0.05, 0.1) is 25.8 Å². The van der Waals surface area contributed by atoms with Gasteiger partial charge in [0, 0.05) is 24.4 Å². The van der Waals surface area contributed by atoms with Crippen LogP contribution in [0.25, 0.3) is 0 Å². The number of hydrogen-bond acceptors (Lipinski definition) is 4. The maximum Gasteiger partial charge on any atom is 0.255 e. The Balaban J connectivity index is 1.90. The van der Waals surface area contributed by atoms with Crippen molar-refractivity contribution in [1.29, 1.82) is 0 Å². The SMILES string of the molecule is COc1ccc(C2CCCN2C(=O)c2ccc(Cl)nc2)c(OC)c1. The predicted molar refractivity (Wildman–Crippen MR) is 91.8 cm³/mol. The summed E-state index contributed by atoms with van der Waals surface area (Å²) in [7, 11) is 3.25. The summed E-state index contributed by atoms with van der Waals surface area (Å²) in [6.07, 6.45) is 3.37. The topological polar surface area (TPSA) is 51.7 Å². The molecular formula is C18H19ClN2O3. The number of nitrogens with zero attached hydrogens (tertiary/aromatic N) is 2. The van der Waals surface area contributed by atoms with Gasteiger partial charge >= 0.3 is 0 Å². The first-order valence-corrected chi connectivity index (χ1v) is 8.16. The Morgan fingerprint density at radius 3 is 2.75 bits per heavy atom. The summed E-state index contributed by atoms with van der Waals surface area (Å²) >= 11 is 5.80. The Kier molecular flexibility index (Phi) is 4.90. The number of halogens is 1. The molecule has 1 aliphatic heterocycles. The average molecular weight is 347 g/mol. The molecule has 0 spiro atoms. The summed E-state index contributed by atoms with van der Waals surface area (Å²) in [4.78, 5) is 18.7. The summed E-state index contributed by atoms with van der Waals surface area (Å²) in [6, 6.07) is 9.03. The molecule has 6 heteroatoms. The number of aromatic nitrogens is 1. The van der Waals surface area contributed by atoms with Gasteiger partial charge in [-0.3, -0.25) is 4.79 Å². The van der Waals surface area contributed by atoms with Gasteiger partial charge in [-0.15, -0.1) is 0 Å². The maximum atomic E-state index is 12.8. The molecule has 1 unspecified atom stereocenters. The highest BCUT2D eigenvalue weighted by Gasteiger charge is 2.32. The highest BCUT2D eigenvalue weighted by molar-refractivity contribution is 6.29. The molecule has 2 heterocycles. The van der Waals surface area contributed by atoms with E-state index in [1.807, 2.05) is 23.1 Å². The molecule has 1 fully saturated rings. The van der Waals surface area contributed by atoms with E-state index in [4.69, 9.17) is 21.1 Å². The Hall–Kier alpha value is -2.27. The number of pyridine rings is 1. The summed E-state index contributed by atoms with van der Waals surface area (Å²) in [5.74, 6) is 1.42. The number of benzene rings is 1. The van der Waals surface area contributed by atoms with E-state index < -0.39 is 0 Å². The van der Waals surface area contributed by atoms with Gasteiger partial charge in [0.1, 0.15) is 16.7 Å². The van der Waals surface area contributed by atoms with Crippen molar-refractivity contribution in [1.82, 2.24) is 9.88 Å². The monoisotopic (exact) mass is 346 g/mol. The van der Waals surface area contributed by atoms with Crippen LogP contribution in [0.4, 0.5) is 0 Å². The zero-order chi connectivity index (χ0) is 17.1. The molecule has 1 amide bonds. The Labute approximate surface area is 146 Å². The van der Waals surface area contributed by atoms with Crippen LogP contribution in [0.5, 0.6) is 11.5 Å². The van der Waals surface area contributed by atoms with Crippen LogP contribution in [-0.4, -0.2) is 36.6 Å². The van der Waals surface area contributed by atoms with Gasteiger partial charge in [0.2, 0.25) is 0 Å². The maximum absolute atomic E-state index is 12.8. The van der Waals surface area contributed by atoms with E-state index in [-0.39, 0.29) is 11.9 Å². The number of ether oxygens (including phenoxy) is 2. The lowest BCUT2D eigenvalue weighted by atomic mass is 10.0. The highest BCUT2D eigenvalue weighted by Crippen LogP contribution is 2.39. The molecule has 1 saturated heterocycles. The fourth-order valence-electron chi connectivity index (χ4n) is 3.10. The minimum absolute atomic E-state index is 0.0194. The van der Waals surface area contributed by atoms with E-state index in [1.54, 1.807) is 26.4 Å². The van der Waals surface area contributed by atoms with Crippen LogP contribution in [0.1, 0.15) is 34.8 Å². The third kappa shape index (κ3) is 3.17. The van der Waals surface area contributed by atoms with Crippen LogP contribution < -0.4 is 9.47 Å². The average Bonchev–Trinajstić information content (AvgIpc) is 3.10. The molecule has 126 valence electrons. The van der Waals surface area contributed by atoms with Crippen LogP contribution >= 0.6 is 11.6 Å². The number of carbonyl (C=O) groups is 1. The van der Waals surface area contributed by atoms with Crippen LogP contribution in [0, 0.1) is 0 Å². The molecule has 3 rings (SSSR count). The van der Waals surface area contributed by atoms with Gasteiger partial charge in [0.15, 0.2) is 0 Å². The van der Waals surface area contributed by atoms with Gasteiger partial charge in [-0.25, -0.2) is 4.98 Å². The lowest BCUT2D eigenvalue weighted by Gasteiger charge is -2.26. The second-order valence-corrected chi connectivity index (χ2v) is 6.02. The quantitative estimate of drug-likeness (QED) is 0.791. The number of rotatable bonds is 4. The Bertz CT molecular complexity index is 734. The van der Waals surface area contributed by atoms with Gasteiger partial charge < -0.3 is 14.4 Å². The lowest BCUT2D eigenvalue weighted by Crippen LogP contribution is -2.30. The number of methoxy groups -OCH3 is 2. The van der Waals surface area contributed by atoms with E-state index in [0.29, 0.717) is 17.3 Å². The predicted octanol–water partition coefficient (Wildman–Crippen LogP) is 3.73. The van der Waals surface area contributed by atoms with Crippen molar-refractivity contribution in [2.45, 2.75) is 18.9 Å². The minimum atomic E-state index is -0.0421. The highest BCUT2D eigenvalue weighted by atomic mass is 35.5. The van der Waals surface area contributed by atoms with Crippen LogP contribution in [0.3, 0.4) is 0 Å². The first-order chi connectivity index (χ1) is 11.6. The molecule has 2 aromatic rings. The van der Waals surface area contributed by atoms with Crippen molar-refractivity contribution >= 4 is 17.5 Å². The van der Waals surface area contributed by atoms with E-state index in [0.717, 1.165) is 29.9 Å². The first-order valence-electron chi connectivity index (χ1n) is 7.78. The molecule has 0 saturated carbocycles. The van der Waals surface area contributed by atoms with Crippen molar-refractivity contribution in [3.8, 4) is 11.5 Å². The van der Waals surface area contributed by atoms with Crippen LogP contribution in [-0.2, 0) is 0 Å². The van der Waals surface area contributed by atoms with Crippen molar-refractivity contribution in [3.05, 3.63) is 52.8 Å². The number of carbonyl (C=O) groups excluding carboxylic acids is 1. The van der Waals surface area contributed by atoms with E-state index in [2.05, 4.69) is 4.98 Å². The molecule has 1 aliphatic rings. The van der Waals surface area contributed by atoms with Gasteiger partial charge in [-0.2, -0.15) is 0 Å². The van der Waals surface area contributed by atoms with Crippen molar-refractivity contribution < 1.29 is 14.3 Å². The number of hydrogen-bond donors (Lipinski definition) is 0. The minimum Gasteiger partial charge on any atom is -0.497 e. The van der Waals surface area contributed by atoms with Gasteiger partial charge in [-0.05, 0) is 37.1 Å². The zero-order valence-electron chi connectivity index (χ0n) is 13.7. The fraction of sp³-hybridized carbons (Fsp3) is 0.333. The molecule has 0 bridgehead atoms. The molecule has 5 nitrogen and oxygen atoms in total. The zero-order valence-corrected chi connectivity index (χ0v) is 14.4. The first kappa shape index (κ1) is 16.6. The summed E-state index contributed by atoms with van der Waals surface area (Å²) in [5, 5.41) is 0.376. The standard InChI is InChI=1S/C18H19ClN2O3/c1-23-13-6-7-14(16(10-13)24-2)15-4-3-9-21(15)18(22)12-5-8-17(19)20-11-12/h5-8,10-11,15H,3-4,9H2,1-2H3. The van der Waals surface area contributed by atoms with E-state index in [9.17, 15) is 4.79 Å². The normalized spacial score (nSPS) is 17.0. The molecular weight excluding hydrogens is 328 g/mol. The third-order valence-corrected chi connectivity index (χ3v) is 4.51. The summed E-state index contributed by atoms with van der Waals surface area (Å²) in [5.41, 5.74) is 1.53. The smallest absolute Gasteiger partial charge is 0.255 e. The number of likely N-dealkylation sites (tertiary alicyclic amines) is 1. The molecule has 24 heavy (non-hydrogen) atoms. The molecule has 0 N–H and O–H groups in total. The van der Waals surface area contributed by atoms with E-state index in [1.165, 1.54) is 6.20 Å². The molecule has 0 aliphatic carbocycles. The van der Waals surface area contributed by atoms with Crippen molar-refractivity contribution in [2.24, 2.45) is 0 Å². The van der Waals surface area contributed by atoms with Crippen LogP contribution in [0.2, 0.25) is 5.15 Å². The molecule has 0 radical (unpaired) electrons. The van der Waals surface area contributed by atoms with Crippen molar-refractivity contribution in [2.75, 3.05) is 20.8 Å². The lowest BCUT2D eigenvalue weighted by molar-refractivity contribution is 0.0733. The van der Waals surface area contributed by atoms with Crippen molar-refractivity contribution in [3.63, 3.8) is 0 Å². The fourth-order valence-corrected chi connectivity index (χ4v) is 3.21. The second kappa shape index (κ2) is 7.09. The molecule has 1 aromatic carbocycles. The van der Waals surface area contributed by atoms with Gasteiger partial charge in [-0.1, -0.05) is 11.6 Å². The molecule has 1 atom stereocenters. The summed E-state index contributed by atoms with van der Waals surface area (Å²) < 4.78 is 10.7. The van der Waals surface area contributed by atoms with Gasteiger partial charge in [0.25, 0.3) is 5.91 Å². The third-order valence-electron chi connectivity index (χ3n) is 4.29. The second-order valence-electron chi connectivity index (χ2n) is 5.63. The largest absolute Gasteiger partial charge is 0.497 e. The van der Waals surface area contributed by atoms with E-state index >= 15 is 0 Å². The Morgan fingerprint density at radius 2 is 2.08 bits per heavy atom.